The molecular weight excluding hydrogens is 612 g/mol. The topological polar surface area (TPSA) is 140 Å². The number of hydrogen-bond acceptors (Lipinski definition) is 7. The molecule has 12 heteroatoms. The molecule has 0 aliphatic carbocycles. The lowest BCUT2D eigenvalue weighted by Crippen LogP contribution is -2.54. The van der Waals surface area contributed by atoms with Crippen LogP contribution in [0, 0.1) is 5.92 Å². The van der Waals surface area contributed by atoms with Crippen LogP contribution in [0.15, 0.2) is 54.6 Å². The number of amides is 5. The summed E-state index contributed by atoms with van der Waals surface area (Å²) in [5.74, 6) is -2.03. The molecule has 0 aromatic heterocycles. The fourth-order valence-corrected chi connectivity index (χ4v) is 5.54. The number of hydrogen-bond donors (Lipinski definition) is 3. The Morgan fingerprint density at radius 2 is 1.67 bits per heavy atom. The van der Waals surface area contributed by atoms with E-state index in [1.165, 1.54) is 23.9 Å². The summed E-state index contributed by atoms with van der Waals surface area (Å²) in [5, 5.41) is 8.61. The molecule has 48 heavy (non-hydrogen) atoms. The molecule has 0 saturated heterocycles. The zero-order chi connectivity index (χ0) is 35.2. The van der Waals surface area contributed by atoms with Crippen molar-refractivity contribution in [2.45, 2.75) is 64.1 Å². The van der Waals surface area contributed by atoms with Crippen molar-refractivity contribution in [2.24, 2.45) is 5.92 Å². The molecular formula is C36H52N6O6. The van der Waals surface area contributed by atoms with Crippen LogP contribution in [-0.2, 0) is 25.6 Å². The average Bonchev–Trinajstić information content (AvgIpc) is 3.04. The van der Waals surface area contributed by atoms with Crippen LogP contribution in [0.2, 0.25) is 0 Å². The Balaban J connectivity index is 1.96. The Bertz CT molecular complexity index is 1380. The molecule has 3 atom stereocenters. The number of benzene rings is 2. The third kappa shape index (κ3) is 12.0. The number of nitrogens with zero attached hydrogens (tertiary/aromatic N) is 3. The molecule has 3 N–H and O–H groups in total. The van der Waals surface area contributed by atoms with Crippen LogP contribution in [0.1, 0.15) is 55.5 Å². The molecule has 0 fully saturated rings. The van der Waals surface area contributed by atoms with Crippen molar-refractivity contribution in [1.82, 2.24) is 30.7 Å². The highest BCUT2D eigenvalue weighted by atomic mass is 16.5. The van der Waals surface area contributed by atoms with Gasteiger partial charge in [-0.1, -0.05) is 56.3 Å². The number of ether oxygens (including phenoxy) is 1. The molecule has 1 aliphatic rings. The van der Waals surface area contributed by atoms with E-state index in [9.17, 15) is 24.0 Å². The number of rotatable bonds is 10. The molecule has 12 nitrogen and oxygen atoms in total. The van der Waals surface area contributed by atoms with Crippen LogP contribution in [-0.4, -0.2) is 117 Å². The van der Waals surface area contributed by atoms with Gasteiger partial charge in [-0.15, -0.1) is 0 Å². The largest absolute Gasteiger partial charge is 0.491 e. The quantitative estimate of drug-likeness (QED) is 0.331. The summed E-state index contributed by atoms with van der Waals surface area (Å²) in [4.78, 5) is 72.6. The number of likely N-dealkylation sites (N-methyl/N-ethyl adjacent to an activating group) is 2. The van der Waals surface area contributed by atoms with E-state index in [0.29, 0.717) is 19.4 Å². The van der Waals surface area contributed by atoms with Crippen molar-refractivity contribution in [3.8, 4) is 5.75 Å². The lowest BCUT2D eigenvalue weighted by atomic mass is 10.0. The van der Waals surface area contributed by atoms with Crippen molar-refractivity contribution >= 4 is 29.5 Å². The maximum atomic E-state index is 13.7. The van der Waals surface area contributed by atoms with Gasteiger partial charge in [0.05, 0.1) is 24.6 Å². The first-order valence-electron chi connectivity index (χ1n) is 16.6. The summed E-state index contributed by atoms with van der Waals surface area (Å²) in [6.45, 7) is 4.94. The molecule has 5 amide bonds. The van der Waals surface area contributed by atoms with Gasteiger partial charge in [0.2, 0.25) is 23.6 Å². The summed E-state index contributed by atoms with van der Waals surface area (Å²) in [6, 6.07) is 13.7. The first-order chi connectivity index (χ1) is 22.8. The molecule has 1 heterocycles. The summed E-state index contributed by atoms with van der Waals surface area (Å²) >= 11 is 0. The summed E-state index contributed by atoms with van der Waals surface area (Å²) in [7, 11) is 7.01. The van der Waals surface area contributed by atoms with Crippen molar-refractivity contribution in [1.29, 1.82) is 0 Å². The monoisotopic (exact) mass is 664 g/mol. The minimum Gasteiger partial charge on any atom is -0.491 e. The standard InChI is InChI=1S/C36H52N6O6/c1-25(2)20-30-36(47)41(5)23-32(43)38-27(21-26-14-8-7-9-15-26)24-48-31-17-11-10-16-28(31)34(45)39-29(22-33(44)42(30)6)35(46)37-18-12-13-19-40(3)4/h7-11,14-17,25,27,29-30H,12-13,18-24H2,1-6H3,(H,37,46)(H,38,43)(H,39,45)/t27-,29+,30+/m1/s1. The van der Waals surface area contributed by atoms with Gasteiger partial charge in [0.25, 0.3) is 5.91 Å². The van der Waals surface area contributed by atoms with E-state index in [1.54, 1.807) is 24.3 Å². The van der Waals surface area contributed by atoms with Crippen molar-refractivity contribution in [3.05, 3.63) is 65.7 Å². The van der Waals surface area contributed by atoms with E-state index in [4.69, 9.17) is 4.74 Å². The molecule has 1 aliphatic heterocycles. The van der Waals surface area contributed by atoms with Crippen LogP contribution in [0.3, 0.4) is 0 Å². The number of carbonyl (C=O) groups excluding carboxylic acids is 5. The first kappa shape index (κ1) is 38.0. The lowest BCUT2D eigenvalue weighted by molar-refractivity contribution is -0.146. The number of para-hydroxylation sites is 1. The first-order valence-corrected chi connectivity index (χ1v) is 16.6. The van der Waals surface area contributed by atoms with Crippen molar-refractivity contribution in [3.63, 3.8) is 0 Å². The highest BCUT2D eigenvalue weighted by Crippen LogP contribution is 2.20. The SMILES string of the molecule is CC(C)C[C@H]1C(=O)N(C)CC(=O)N[C@H](Cc2ccccc2)COc2ccccc2C(=O)N[C@H](C(=O)NCCCCN(C)C)CC(=O)N1C. The molecule has 0 saturated carbocycles. The summed E-state index contributed by atoms with van der Waals surface area (Å²) in [5.41, 5.74) is 1.16. The van der Waals surface area contributed by atoms with Gasteiger partial charge in [0.1, 0.15) is 24.4 Å². The Labute approximate surface area is 284 Å². The number of fused-ring (bicyclic) bond motifs is 1. The van der Waals surface area contributed by atoms with Crippen molar-refractivity contribution < 1.29 is 28.7 Å². The lowest BCUT2D eigenvalue weighted by Gasteiger charge is -2.32. The second kappa shape index (κ2) is 18.8. The molecule has 2 aromatic rings. The predicted octanol–water partition coefficient (Wildman–Crippen LogP) is 2.08. The number of carbonyl (C=O) groups is 5. The van der Waals surface area contributed by atoms with Crippen LogP contribution < -0.4 is 20.7 Å². The van der Waals surface area contributed by atoms with E-state index in [-0.39, 0.29) is 42.7 Å². The van der Waals surface area contributed by atoms with E-state index in [1.807, 2.05) is 58.3 Å². The van der Waals surface area contributed by atoms with Gasteiger partial charge in [-0.3, -0.25) is 24.0 Å². The highest BCUT2D eigenvalue weighted by Gasteiger charge is 2.34. The Morgan fingerprint density at radius 3 is 2.35 bits per heavy atom. The average molecular weight is 665 g/mol. The fourth-order valence-electron chi connectivity index (χ4n) is 5.54. The Morgan fingerprint density at radius 1 is 0.979 bits per heavy atom. The highest BCUT2D eigenvalue weighted by molar-refractivity contribution is 6.01. The van der Waals surface area contributed by atoms with Gasteiger partial charge < -0.3 is 35.4 Å². The Kier molecular flexibility index (Phi) is 14.9. The van der Waals surface area contributed by atoms with Crippen LogP contribution in [0.4, 0.5) is 0 Å². The molecule has 0 radical (unpaired) electrons. The number of unbranched alkanes of at least 4 members (excludes halogenated alkanes) is 1. The second-order valence-electron chi connectivity index (χ2n) is 13.1. The molecule has 3 rings (SSSR count). The third-order valence-electron chi connectivity index (χ3n) is 8.19. The van der Waals surface area contributed by atoms with Crippen LogP contribution in [0.5, 0.6) is 5.75 Å². The van der Waals surface area contributed by atoms with E-state index < -0.39 is 41.8 Å². The smallest absolute Gasteiger partial charge is 0.255 e. The third-order valence-corrected chi connectivity index (χ3v) is 8.19. The molecule has 2 aromatic carbocycles. The van der Waals surface area contributed by atoms with Gasteiger partial charge in [-0.25, -0.2) is 0 Å². The maximum absolute atomic E-state index is 13.7. The Hall–Kier alpha value is -4.45. The van der Waals surface area contributed by atoms with E-state index in [0.717, 1.165) is 24.9 Å². The van der Waals surface area contributed by atoms with Gasteiger partial charge in [-0.05, 0) is 69.9 Å². The zero-order valence-corrected chi connectivity index (χ0v) is 29.2. The fraction of sp³-hybridized carbons (Fsp3) is 0.528. The van der Waals surface area contributed by atoms with Crippen LogP contribution >= 0.6 is 0 Å². The minimum atomic E-state index is -1.20. The van der Waals surface area contributed by atoms with Crippen LogP contribution in [0.25, 0.3) is 0 Å². The van der Waals surface area contributed by atoms with Gasteiger partial charge >= 0.3 is 0 Å². The normalized spacial score (nSPS) is 20.1. The van der Waals surface area contributed by atoms with Gasteiger partial charge in [0.15, 0.2) is 0 Å². The molecule has 0 bridgehead atoms. The van der Waals surface area contributed by atoms with E-state index >= 15 is 0 Å². The van der Waals surface area contributed by atoms with E-state index in [2.05, 4.69) is 20.9 Å². The van der Waals surface area contributed by atoms with Gasteiger partial charge in [-0.2, -0.15) is 0 Å². The van der Waals surface area contributed by atoms with Crippen molar-refractivity contribution in [2.75, 3.05) is 54.4 Å². The molecule has 262 valence electrons. The summed E-state index contributed by atoms with van der Waals surface area (Å²) < 4.78 is 6.13. The predicted molar refractivity (Wildman–Crippen MR) is 184 cm³/mol. The zero-order valence-electron chi connectivity index (χ0n) is 29.2. The maximum Gasteiger partial charge on any atom is 0.255 e. The van der Waals surface area contributed by atoms with Gasteiger partial charge in [0, 0.05) is 20.6 Å². The second-order valence-corrected chi connectivity index (χ2v) is 13.1. The molecule has 0 unspecified atom stereocenters. The minimum absolute atomic E-state index is 0.0383. The summed E-state index contributed by atoms with van der Waals surface area (Å²) in [6.07, 6.45) is 2.03. The number of nitrogens with one attached hydrogen (secondary N) is 3. The molecule has 0 spiro atoms.